The zero-order chi connectivity index (χ0) is 10.8. The van der Waals surface area contributed by atoms with Gasteiger partial charge in [0.25, 0.3) is 0 Å². The molecule has 0 aliphatic carbocycles. The molecule has 70 valence electrons. The zero-order valence-corrected chi connectivity index (χ0v) is 8.11. The van der Waals surface area contributed by atoms with E-state index in [1.54, 1.807) is 6.07 Å². The van der Waals surface area contributed by atoms with E-state index >= 15 is 0 Å². The molecule has 0 radical (unpaired) electrons. The summed E-state index contributed by atoms with van der Waals surface area (Å²) in [6.45, 7) is 10.4. The number of benzene rings is 1. The zero-order valence-electron chi connectivity index (χ0n) is 8.11. The first-order chi connectivity index (χ1) is 6.78. The smallest absolute Gasteiger partial charge is 0.0905 e. The van der Waals surface area contributed by atoms with E-state index in [0.29, 0.717) is 0 Å². The van der Waals surface area contributed by atoms with Crippen LogP contribution in [0.5, 0.6) is 0 Å². The minimum absolute atomic E-state index is 1.14. The Balaban J connectivity index is 0.000000364. The van der Waals surface area contributed by atoms with Crippen LogP contribution < -0.4 is 0 Å². The molecule has 0 amide bonds. The van der Waals surface area contributed by atoms with E-state index in [9.17, 15) is 0 Å². The summed E-state index contributed by atoms with van der Waals surface area (Å²) in [5.41, 5.74) is 2.29. The predicted octanol–water partition coefficient (Wildman–Crippen LogP) is 3.67. The van der Waals surface area contributed by atoms with Crippen LogP contribution >= 0.6 is 0 Å². The average molecular weight is 183 g/mol. The van der Waals surface area contributed by atoms with Crippen molar-refractivity contribution in [1.82, 2.24) is 0 Å². The van der Waals surface area contributed by atoms with Gasteiger partial charge in [0, 0.05) is 6.08 Å². The van der Waals surface area contributed by atoms with Crippen molar-refractivity contribution >= 4 is 12.2 Å². The summed E-state index contributed by atoms with van der Waals surface area (Å²) >= 11 is 0. The number of rotatable bonds is 2. The van der Waals surface area contributed by atoms with Gasteiger partial charge in [0.1, 0.15) is 0 Å². The summed E-state index contributed by atoms with van der Waals surface area (Å²) in [5, 5.41) is 7.51. The summed E-state index contributed by atoms with van der Waals surface area (Å²) in [6, 6.07) is 9.77. The highest BCUT2D eigenvalue weighted by Crippen LogP contribution is 2.05. The molecular weight excluding hydrogens is 170 g/mol. The van der Waals surface area contributed by atoms with Gasteiger partial charge >= 0.3 is 0 Å². The van der Waals surface area contributed by atoms with Crippen LogP contribution in [0.3, 0.4) is 0 Å². The Morgan fingerprint density at radius 2 is 1.21 bits per heavy atom. The molecule has 0 unspecified atom stereocenters. The Labute approximate surface area is 85.3 Å². The van der Waals surface area contributed by atoms with Crippen molar-refractivity contribution in [2.24, 2.45) is 0 Å². The van der Waals surface area contributed by atoms with Crippen LogP contribution in [0.2, 0.25) is 0 Å². The van der Waals surface area contributed by atoms with Crippen molar-refractivity contribution in [2.45, 2.75) is 0 Å². The maximum absolute atomic E-state index is 7.51. The third kappa shape index (κ3) is 4.74. The molecule has 0 bridgehead atoms. The Bertz CT molecular complexity index is 311. The molecule has 0 aliphatic heterocycles. The largest absolute Gasteiger partial charge is 0.193 e. The van der Waals surface area contributed by atoms with Crippen LogP contribution in [0.25, 0.3) is 12.2 Å². The summed E-state index contributed by atoms with van der Waals surface area (Å²) in [5.74, 6) is 0. The molecule has 0 heterocycles. The maximum atomic E-state index is 7.51. The van der Waals surface area contributed by atoms with Gasteiger partial charge in [-0.15, -0.1) is 0 Å². The lowest BCUT2D eigenvalue weighted by molar-refractivity contribution is 1.54. The van der Waals surface area contributed by atoms with Crippen molar-refractivity contribution in [2.75, 3.05) is 0 Å². The third-order valence-electron chi connectivity index (χ3n) is 1.50. The topological polar surface area (TPSA) is 23.8 Å². The molecule has 1 nitrogen and oxygen atoms in total. The highest BCUT2D eigenvalue weighted by atomic mass is 14.2. The molecule has 0 N–H and O–H groups in total. The second kappa shape index (κ2) is 7.57. The fraction of sp³-hybridized carbons (Fsp3) is 0. The summed E-state index contributed by atoms with van der Waals surface area (Å²) in [7, 11) is 0. The first-order valence-corrected chi connectivity index (χ1v) is 4.14. The maximum Gasteiger partial charge on any atom is 0.0905 e. The average Bonchev–Trinajstić information content (AvgIpc) is 2.29. The lowest BCUT2D eigenvalue weighted by atomic mass is 10.1. The first kappa shape index (κ1) is 11.9. The van der Waals surface area contributed by atoms with Gasteiger partial charge < -0.3 is 0 Å². The SMILES string of the molecule is C=CC#N.C=Cc1ccc(C=C)cc1. The van der Waals surface area contributed by atoms with Crippen molar-refractivity contribution in [3.63, 3.8) is 0 Å². The van der Waals surface area contributed by atoms with E-state index in [-0.39, 0.29) is 0 Å². The highest BCUT2D eigenvalue weighted by molar-refractivity contribution is 5.53. The van der Waals surface area contributed by atoms with Gasteiger partial charge in [-0.3, -0.25) is 0 Å². The van der Waals surface area contributed by atoms with Crippen LogP contribution in [0.4, 0.5) is 0 Å². The van der Waals surface area contributed by atoms with Gasteiger partial charge in [0.2, 0.25) is 0 Å². The molecule has 0 atom stereocenters. The van der Waals surface area contributed by atoms with Gasteiger partial charge in [0.15, 0.2) is 0 Å². The molecule has 1 aromatic rings. The van der Waals surface area contributed by atoms with E-state index in [0.717, 1.165) is 11.1 Å². The van der Waals surface area contributed by atoms with Crippen molar-refractivity contribution < 1.29 is 0 Å². The number of hydrogen-bond acceptors (Lipinski definition) is 1. The predicted molar refractivity (Wildman–Crippen MR) is 62.4 cm³/mol. The van der Waals surface area contributed by atoms with Gasteiger partial charge in [-0.05, 0) is 11.1 Å². The fourth-order valence-electron chi connectivity index (χ4n) is 0.768. The van der Waals surface area contributed by atoms with E-state index in [1.165, 1.54) is 6.08 Å². The molecule has 0 fully saturated rings. The molecule has 0 spiro atoms. The first-order valence-electron chi connectivity index (χ1n) is 4.14. The number of nitriles is 1. The molecule has 14 heavy (non-hydrogen) atoms. The van der Waals surface area contributed by atoms with Crippen LogP contribution in [-0.4, -0.2) is 0 Å². The van der Waals surface area contributed by atoms with E-state index in [2.05, 4.69) is 19.7 Å². The minimum atomic E-state index is 1.14. The fourth-order valence-corrected chi connectivity index (χ4v) is 0.768. The lowest BCUT2D eigenvalue weighted by Crippen LogP contribution is -1.71. The Morgan fingerprint density at radius 3 is 1.36 bits per heavy atom. The van der Waals surface area contributed by atoms with Crippen LogP contribution in [0.15, 0.2) is 50.1 Å². The van der Waals surface area contributed by atoms with Crippen molar-refractivity contribution in [1.29, 1.82) is 5.26 Å². The lowest BCUT2D eigenvalue weighted by Gasteiger charge is -1.92. The van der Waals surface area contributed by atoms with Crippen LogP contribution in [0.1, 0.15) is 11.1 Å². The van der Waals surface area contributed by atoms with Gasteiger partial charge in [-0.25, -0.2) is 0 Å². The van der Waals surface area contributed by atoms with E-state index in [4.69, 9.17) is 5.26 Å². The Morgan fingerprint density at radius 1 is 0.929 bits per heavy atom. The van der Waals surface area contributed by atoms with Gasteiger partial charge in [0.05, 0.1) is 6.07 Å². The Kier molecular flexibility index (Phi) is 6.45. The summed E-state index contributed by atoms with van der Waals surface area (Å²) in [6.07, 6.45) is 4.83. The molecule has 0 saturated carbocycles. The molecule has 1 rings (SSSR count). The molecule has 0 aromatic heterocycles. The molecular formula is C13H13N. The van der Waals surface area contributed by atoms with Crippen LogP contribution in [-0.2, 0) is 0 Å². The molecule has 1 aromatic carbocycles. The highest BCUT2D eigenvalue weighted by Gasteiger charge is 1.84. The number of hydrogen-bond donors (Lipinski definition) is 0. The third-order valence-corrected chi connectivity index (χ3v) is 1.50. The van der Waals surface area contributed by atoms with Crippen LogP contribution in [0, 0.1) is 11.3 Å². The van der Waals surface area contributed by atoms with E-state index < -0.39 is 0 Å². The van der Waals surface area contributed by atoms with E-state index in [1.807, 2.05) is 36.4 Å². The molecule has 0 saturated heterocycles. The summed E-state index contributed by atoms with van der Waals surface area (Å²) < 4.78 is 0. The number of allylic oxidation sites excluding steroid dienone is 1. The number of nitrogens with zero attached hydrogens (tertiary/aromatic N) is 1. The normalized spacial score (nSPS) is 7.36. The Hall–Kier alpha value is -2.07. The molecule has 0 aliphatic rings. The second-order valence-electron chi connectivity index (χ2n) is 2.41. The molecule has 1 heteroatoms. The van der Waals surface area contributed by atoms with Gasteiger partial charge in [-0.2, -0.15) is 5.26 Å². The summed E-state index contributed by atoms with van der Waals surface area (Å²) in [4.78, 5) is 0. The minimum Gasteiger partial charge on any atom is -0.193 e. The standard InChI is InChI=1S/C10H10.C3H3N/c1-3-9-5-7-10(4-2)8-6-9;1-2-3-4/h3-8H,1-2H2;2H,1H2. The quantitative estimate of drug-likeness (QED) is 0.642. The van der Waals surface area contributed by atoms with Crippen molar-refractivity contribution in [3.05, 3.63) is 61.2 Å². The van der Waals surface area contributed by atoms with Crippen molar-refractivity contribution in [3.8, 4) is 6.07 Å². The van der Waals surface area contributed by atoms with Gasteiger partial charge in [-0.1, -0.05) is 56.2 Å². The second-order valence-corrected chi connectivity index (χ2v) is 2.41. The monoisotopic (exact) mass is 183 g/mol.